The smallest absolute Gasteiger partial charge is 0.238 e. The Morgan fingerprint density at radius 3 is 2.68 bits per heavy atom. The van der Waals surface area contributed by atoms with Crippen molar-refractivity contribution in [3.63, 3.8) is 0 Å². The molecule has 2 atom stereocenters. The van der Waals surface area contributed by atoms with E-state index in [4.69, 9.17) is 10.3 Å². The van der Waals surface area contributed by atoms with Crippen LogP contribution in [0, 0.1) is 6.92 Å². The average molecular weight is 351 g/mol. The Morgan fingerprint density at radius 1 is 1.45 bits per heavy atom. The number of carbonyl (C=O) groups excluding carboxylic acids is 2. The van der Waals surface area contributed by atoms with Gasteiger partial charge in [-0.2, -0.15) is 0 Å². The van der Waals surface area contributed by atoms with Gasteiger partial charge in [0.1, 0.15) is 5.76 Å². The molecule has 126 valence electrons. The molecular weight excluding hydrogens is 328 g/mol. The highest BCUT2D eigenvalue weighted by atomic mass is 35.5. The van der Waals surface area contributed by atoms with E-state index in [9.17, 15) is 9.59 Å². The van der Waals surface area contributed by atoms with Gasteiger partial charge in [0, 0.05) is 18.7 Å². The number of nitrogens with zero attached hydrogens (tertiary/aromatic N) is 1. The van der Waals surface area contributed by atoms with Crippen LogP contribution in [0.5, 0.6) is 0 Å². The summed E-state index contributed by atoms with van der Waals surface area (Å²) in [6.45, 7) is 5.92. The molecule has 0 bridgehead atoms. The van der Waals surface area contributed by atoms with Gasteiger partial charge in [0.15, 0.2) is 5.82 Å². The number of hydrogen-bond acceptors (Lipinski definition) is 6. The van der Waals surface area contributed by atoms with Crippen molar-refractivity contribution in [3.8, 4) is 0 Å². The fourth-order valence-electron chi connectivity index (χ4n) is 1.42. The Morgan fingerprint density at radius 2 is 2.14 bits per heavy atom. The third-order valence-corrected chi connectivity index (χ3v) is 3.78. The van der Waals surface area contributed by atoms with Crippen molar-refractivity contribution in [3.05, 3.63) is 11.8 Å². The maximum Gasteiger partial charge on any atom is 0.238 e. The molecule has 0 aliphatic carbocycles. The van der Waals surface area contributed by atoms with E-state index in [0.717, 1.165) is 6.42 Å². The molecule has 2 unspecified atom stereocenters. The summed E-state index contributed by atoms with van der Waals surface area (Å²) >= 11 is 1.26. The van der Waals surface area contributed by atoms with E-state index in [1.54, 1.807) is 19.9 Å². The lowest BCUT2D eigenvalue weighted by Crippen LogP contribution is -2.31. The molecule has 0 aromatic carbocycles. The predicted octanol–water partition coefficient (Wildman–Crippen LogP) is 1.32. The number of amides is 2. The number of rotatable bonds is 8. The molecule has 0 spiro atoms. The van der Waals surface area contributed by atoms with Gasteiger partial charge in [-0.15, -0.1) is 24.2 Å². The molecular formula is C13H23ClN4O3S. The van der Waals surface area contributed by atoms with Gasteiger partial charge in [-0.05, 0) is 27.2 Å². The molecule has 0 saturated heterocycles. The zero-order chi connectivity index (χ0) is 15.8. The fraction of sp³-hybridized carbons (Fsp3) is 0.615. The van der Waals surface area contributed by atoms with E-state index in [1.165, 1.54) is 11.8 Å². The zero-order valence-corrected chi connectivity index (χ0v) is 14.6. The first-order valence-electron chi connectivity index (χ1n) is 6.76. The van der Waals surface area contributed by atoms with Gasteiger partial charge < -0.3 is 20.9 Å². The first kappa shape index (κ1) is 20.8. The maximum absolute atomic E-state index is 11.9. The standard InChI is InChI=1S/C13H22N4O3S.ClH/c1-8(14)4-5-15-12(18)7-21-10(3)13(19)16-11-6-9(2)20-17-11;/h6,8,10H,4-5,7,14H2,1-3H3,(H,15,18)(H,16,17,19);1H. The zero-order valence-electron chi connectivity index (χ0n) is 12.9. The molecule has 0 saturated carbocycles. The van der Waals surface area contributed by atoms with Gasteiger partial charge in [-0.1, -0.05) is 5.16 Å². The molecule has 22 heavy (non-hydrogen) atoms. The Bertz CT molecular complexity index is 482. The lowest BCUT2D eigenvalue weighted by Gasteiger charge is -2.11. The average Bonchev–Trinajstić information content (AvgIpc) is 2.80. The number of carbonyl (C=O) groups is 2. The van der Waals surface area contributed by atoms with Crippen LogP contribution in [-0.4, -0.2) is 40.6 Å². The summed E-state index contributed by atoms with van der Waals surface area (Å²) in [5, 5.41) is 8.72. The van der Waals surface area contributed by atoms with Gasteiger partial charge in [-0.25, -0.2) is 0 Å². The summed E-state index contributed by atoms with van der Waals surface area (Å²) in [5.74, 6) is 0.922. The molecule has 1 aromatic heterocycles. The van der Waals surface area contributed by atoms with E-state index in [0.29, 0.717) is 18.1 Å². The second-order valence-corrected chi connectivity index (χ2v) is 6.21. The van der Waals surface area contributed by atoms with Crippen LogP contribution in [0.3, 0.4) is 0 Å². The molecule has 0 aliphatic heterocycles. The van der Waals surface area contributed by atoms with Crippen LogP contribution < -0.4 is 16.4 Å². The Balaban J connectivity index is 0.00000441. The van der Waals surface area contributed by atoms with Crippen molar-refractivity contribution in [2.75, 3.05) is 17.6 Å². The van der Waals surface area contributed by atoms with E-state index in [-0.39, 0.29) is 41.3 Å². The van der Waals surface area contributed by atoms with Crippen LogP contribution in [0.25, 0.3) is 0 Å². The molecule has 4 N–H and O–H groups in total. The SMILES string of the molecule is Cc1cc(NC(=O)C(C)SCC(=O)NCCC(C)N)no1.Cl. The first-order valence-corrected chi connectivity index (χ1v) is 7.81. The van der Waals surface area contributed by atoms with Gasteiger partial charge in [0.25, 0.3) is 0 Å². The van der Waals surface area contributed by atoms with Crippen molar-refractivity contribution in [2.45, 2.75) is 38.5 Å². The van der Waals surface area contributed by atoms with E-state index >= 15 is 0 Å². The molecule has 0 fully saturated rings. The van der Waals surface area contributed by atoms with Crippen LogP contribution in [0.4, 0.5) is 5.82 Å². The van der Waals surface area contributed by atoms with Crippen LogP contribution >= 0.6 is 24.2 Å². The second kappa shape index (κ2) is 10.5. The van der Waals surface area contributed by atoms with Crippen LogP contribution in [0.15, 0.2) is 10.6 Å². The van der Waals surface area contributed by atoms with Gasteiger partial charge in [0.05, 0.1) is 11.0 Å². The van der Waals surface area contributed by atoms with Gasteiger partial charge >= 0.3 is 0 Å². The van der Waals surface area contributed by atoms with Crippen molar-refractivity contribution < 1.29 is 14.1 Å². The number of nitrogens with one attached hydrogen (secondary N) is 2. The Labute approximate surface area is 140 Å². The number of hydrogen-bond donors (Lipinski definition) is 3. The highest BCUT2D eigenvalue weighted by Crippen LogP contribution is 2.14. The van der Waals surface area contributed by atoms with Crippen LogP contribution in [0.2, 0.25) is 0 Å². The van der Waals surface area contributed by atoms with Gasteiger partial charge in [-0.3, -0.25) is 9.59 Å². The number of aryl methyl sites for hydroxylation is 1. The molecule has 1 aromatic rings. The lowest BCUT2D eigenvalue weighted by atomic mass is 10.2. The minimum Gasteiger partial charge on any atom is -0.360 e. The number of halogens is 1. The molecule has 1 heterocycles. The molecule has 0 aliphatic rings. The third kappa shape index (κ3) is 8.26. The topological polar surface area (TPSA) is 110 Å². The monoisotopic (exact) mass is 350 g/mol. The minimum absolute atomic E-state index is 0. The predicted molar refractivity (Wildman–Crippen MR) is 90.3 cm³/mol. The molecule has 7 nitrogen and oxygen atoms in total. The summed E-state index contributed by atoms with van der Waals surface area (Å²) in [6, 6.07) is 1.70. The normalized spacial score (nSPS) is 12.9. The van der Waals surface area contributed by atoms with Crippen LogP contribution in [0.1, 0.15) is 26.0 Å². The van der Waals surface area contributed by atoms with E-state index in [1.807, 2.05) is 6.92 Å². The molecule has 0 radical (unpaired) electrons. The number of nitrogens with two attached hydrogens (primary N) is 1. The summed E-state index contributed by atoms with van der Waals surface area (Å²) in [4.78, 5) is 23.5. The highest BCUT2D eigenvalue weighted by molar-refractivity contribution is 8.01. The van der Waals surface area contributed by atoms with E-state index in [2.05, 4.69) is 15.8 Å². The minimum atomic E-state index is -0.360. The second-order valence-electron chi connectivity index (χ2n) is 4.88. The molecule has 9 heteroatoms. The van der Waals surface area contributed by atoms with Crippen LogP contribution in [-0.2, 0) is 9.59 Å². The largest absolute Gasteiger partial charge is 0.360 e. The van der Waals surface area contributed by atoms with E-state index < -0.39 is 0 Å². The lowest BCUT2D eigenvalue weighted by molar-refractivity contribution is -0.118. The van der Waals surface area contributed by atoms with Gasteiger partial charge in [0.2, 0.25) is 11.8 Å². The number of aromatic nitrogens is 1. The van der Waals surface area contributed by atoms with Crippen molar-refractivity contribution in [2.24, 2.45) is 5.73 Å². The molecule has 2 amide bonds. The third-order valence-electron chi connectivity index (χ3n) is 2.63. The highest BCUT2D eigenvalue weighted by Gasteiger charge is 2.16. The molecule has 1 rings (SSSR count). The number of thioether (sulfide) groups is 1. The first-order chi connectivity index (χ1) is 9.88. The summed E-state index contributed by atoms with van der Waals surface area (Å²) in [7, 11) is 0. The number of anilines is 1. The Hall–Kier alpha value is -1.25. The quantitative estimate of drug-likeness (QED) is 0.652. The summed E-state index contributed by atoms with van der Waals surface area (Å²) in [6.07, 6.45) is 0.734. The van der Waals surface area contributed by atoms with Crippen molar-refractivity contribution in [1.82, 2.24) is 10.5 Å². The van der Waals surface area contributed by atoms with Crippen molar-refractivity contribution >= 4 is 41.8 Å². The van der Waals surface area contributed by atoms with Crippen molar-refractivity contribution in [1.29, 1.82) is 0 Å². The summed E-state index contributed by atoms with van der Waals surface area (Å²) in [5.41, 5.74) is 5.59. The fourth-order valence-corrected chi connectivity index (χ4v) is 2.13. The maximum atomic E-state index is 11.9. The Kier molecular flexibility index (Phi) is 9.88. The summed E-state index contributed by atoms with van der Waals surface area (Å²) < 4.78 is 4.86.